The second-order valence-electron chi connectivity index (χ2n) is 5.37. The molecule has 104 valence electrons. The molecule has 0 aliphatic carbocycles. The van der Waals surface area contributed by atoms with Crippen molar-refractivity contribution in [2.75, 3.05) is 19.7 Å². The number of aliphatic hydroxyl groups is 1. The zero-order chi connectivity index (χ0) is 13.7. The van der Waals surface area contributed by atoms with E-state index < -0.39 is 0 Å². The van der Waals surface area contributed by atoms with Gasteiger partial charge in [-0.1, -0.05) is 13.8 Å². The van der Waals surface area contributed by atoms with E-state index in [1.807, 2.05) is 13.8 Å². The summed E-state index contributed by atoms with van der Waals surface area (Å²) in [4.78, 5) is 25.6. The summed E-state index contributed by atoms with van der Waals surface area (Å²) < 4.78 is 0. The first kappa shape index (κ1) is 15.0. The fraction of sp³-hybridized carbons (Fsp3) is 0.846. The van der Waals surface area contributed by atoms with Gasteiger partial charge in [0.25, 0.3) is 0 Å². The lowest BCUT2D eigenvalue weighted by atomic mass is 9.96. The molecule has 5 nitrogen and oxygen atoms in total. The van der Waals surface area contributed by atoms with Crippen LogP contribution in [-0.4, -0.2) is 47.6 Å². The SMILES string of the molecule is CC(C)C(=O)N1CCCC(C(=O)N[C@H](C)CO)C1. The van der Waals surface area contributed by atoms with Gasteiger partial charge in [-0.05, 0) is 19.8 Å². The second kappa shape index (κ2) is 6.73. The van der Waals surface area contributed by atoms with Crippen molar-refractivity contribution in [3.63, 3.8) is 0 Å². The van der Waals surface area contributed by atoms with Crippen LogP contribution in [0, 0.1) is 11.8 Å². The molecule has 0 spiro atoms. The van der Waals surface area contributed by atoms with E-state index in [-0.39, 0.29) is 36.3 Å². The Morgan fingerprint density at radius 3 is 2.61 bits per heavy atom. The van der Waals surface area contributed by atoms with Crippen molar-refractivity contribution in [3.05, 3.63) is 0 Å². The van der Waals surface area contributed by atoms with Crippen LogP contribution in [0.1, 0.15) is 33.6 Å². The average Bonchev–Trinajstić information content (AvgIpc) is 2.37. The standard InChI is InChI=1S/C13H24N2O3/c1-9(2)13(18)15-6-4-5-11(7-15)12(17)14-10(3)8-16/h9-11,16H,4-8H2,1-3H3,(H,14,17)/t10-,11?/m1/s1. The van der Waals surface area contributed by atoms with Crippen molar-refractivity contribution < 1.29 is 14.7 Å². The van der Waals surface area contributed by atoms with Gasteiger partial charge in [-0.15, -0.1) is 0 Å². The number of hydrogen-bond donors (Lipinski definition) is 2. The fourth-order valence-electron chi connectivity index (χ4n) is 2.16. The average molecular weight is 256 g/mol. The molecule has 2 N–H and O–H groups in total. The molecule has 5 heteroatoms. The molecule has 1 fully saturated rings. The number of aliphatic hydroxyl groups excluding tert-OH is 1. The Kier molecular flexibility index (Phi) is 5.59. The van der Waals surface area contributed by atoms with Crippen molar-refractivity contribution in [3.8, 4) is 0 Å². The Labute approximate surface area is 109 Å². The first-order valence-electron chi connectivity index (χ1n) is 6.65. The van der Waals surface area contributed by atoms with Crippen LogP contribution < -0.4 is 5.32 Å². The maximum Gasteiger partial charge on any atom is 0.225 e. The smallest absolute Gasteiger partial charge is 0.225 e. The van der Waals surface area contributed by atoms with Gasteiger partial charge in [0.1, 0.15) is 0 Å². The van der Waals surface area contributed by atoms with Crippen LogP contribution in [0.15, 0.2) is 0 Å². The van der Waals surface area contributed by atoms with Crippen molar-refractivity contribution in [1.29, 1.82) is 0 Å². The van der Waals surface area contributed by atoms with E-state index in [0.29, 0.717) is 6.54 Å². The van der Waals surface area contributed by atoms with Gasteiger partial charge < -0.3 is 15.3 Å². The lowest BCUT2D eigenvalue weighted by Crippen LogP contribution is -2.48. The minimum Gasteiger partial charge on any atom is -0.394 e. The van der Waals surface area contributed by atoms with Gasteiger partial charge in [-0.3, -0.25) is 9.59 Å². The lowest BCUT2D eigenvalue weighted by Gasteiger charge is -2.33. The normalized spacial score (nSPS) is 21.8. The third-order valence-corrected chi connectivity index (χ3v) is 3.26. The predicted octanol–water partition coefficient (Wildman–Crippen LogP) is 0.378. The first-order valence-corrected chi connectivity index (χ1v) is 6.65. The summed E-state index contributed by atoms with van der Waals surface area (Å²) in [6.07, 6.45) is 1.68. The Bertz CT molecular complexity index is 305. The third-order valence-electron chi connectivity index (χ3n) is 3.26. The van der Waals surface area contributed by atoms with Crippen LogP contribution in [0.2, 0.25) is 0 Å². The third kappa shape index (κ3) is 3.98. The Morgan fingerprint density at radius 2 is 2.06 bits per heavy atom. The molecule has 1 saturated heterocycles. The molecular weight excluding hydrogens is 232 g/mol. The largest absolute Gasteiger partial charge is 0.394 e. The molecule has 18 heavy (non-hydrogen) atoms. The highest BCUT2D eigenvalue weighted by atomic mass is 16.3. The molecule has 1 heterocycles. The minimum atomic E-state index is -0.228. The number of nitrogens with one attached hydrogen (secondary N) is 1. The summed E-state index contributed by atoms with van der Waals surface area (Å²) in [6, 6.07) is -0.228. The van der Waals surface area contributed by atoms with Crippen molar-refractivity contribution in [2.45, 2.75) is 39.7 Å². The van der Waals surface area contributed by atoms with E-state index in [1.54, 1.807) is 11.8 Å². The molecule has 1 aliphatic rings. The Balaban J connectivity index is 2.53. The van der Waals surface area contributed by atoms with Crippen molar-refractivity contribution >= 4 is 11.8 Å². The molecule has 0 bridgehead atoms. The number of hydrogen-bond acceptors (Lipinski definition) is 3. The highest BCUT2D eigenvalue weighted by Crippen LogP contribution is 2.18. The fourth-order valence-corrected chi connectivity index (χ4v) is 2.16. The quantitative estimate of drug-likeness (QED) is 0.764. The molecule has 0 aromatic heterocycles. The van der Waals surface area contributed by atoms with Crippen LogP contribution in [0.25, 0.3) is 0 Å². The van der Waals surface area contributed by atoms with E-state index in [2.05, 4.69) is 5.32 Å². The van der Waals surface area contributed by atoms with Crippen LogP contribution >= 0.6 is 0 Å². The van der Waals surface area contributed by atoms with E-state index in [9.17, 15) is 9.59 Å². The van der Waals surface area contributed by atoms with Crippen molar-refractivity contribution in [2.24, 2.45) is 11.8 Å². The first-order chi connectivity index (χ1) is 8.45. The van der Waals surface area contributed by atoms with Crippen LogP contribution in [0.5, 0.6) is 0 Å². The monoisotopic (exact) mass is 256 g/mol. The molecule has 1 rings (SSSR count). The maximum atomic E-state index is 11.9. The highest BCUT2D eigenvalue weighted by Gasteiger charge is 2.29. The van der Waals surface area contributed by atoms with Gasteiger partial charge in [0.05, 0.1) is 12.5 Å². The molecular formula is C13H24N2O3. The molecule has 2 atom stereocenters. The second-order valence-corrected chi connectivity index (χ2v) is 5.37. The van der Waals surface area contributed by atoms with E-state index in [1.165, 1.54) is 0 Å². The van der Waals surface area contributed by atoms with E-state index in [0.717, 1.165) is 19.4 Å². The summed E-state index contributed by atoms with van der Waals surface area (Å²) >= 11 is 0. The Morgan fingerprint density at radius 1 is 1.39 bits per heavy atom. The minimum absolute atomic E-state index is 0.0248. The van der Waals surface area contributed by atoms with E-state index >= 15 is 0 Å². The van der Waals surface area contributed by atoms with E-state index in [4.69, 9.17) is 5.11 Å². The number of piperidine rings is 1. The molecule has 0 radical (unpaired) electrons. The molecule has 0 aromatic carbocycles. The van der Waals surface area contributed by atoms with Gasteiger partial charge in [-0.2, -0.15) is 0 Å². The van der Waals surface area contributed by atoms with Gasteiger partial charge >= 0.3 is 0 Å². The molecule has 0 aromatic rings. The summed E-state index contributed by atoms with van der Waals surface area (Å²) in [5.41, 5.74) is 0. The molecule has 1 unspecified atom stereocenters. The zero-order valence-electron chi connectivity index (χ0n) is 11.5. The summed E-state index contributed by atoms with van der Waals surface area (Å²) in [7, 11) is 0. The molecule has 0 saturated carbocycles. The summed E-state index contributed by atoms with van der Waals surface area (Å²) in [5, 5.41) is 11.7. The number of rotatable bonds is 4. The van der Waals surface area contributed by atoms with Gasteiger partial charge in [-0.25, -0.2) is 0 Å². The number of carbonyl (C=O) groups excluding carboxylic acids is 2. The summed E-state index contributed by atoms with van der Waals surface area (Å²) in [6.45, 7) is 6.70. The number of nitrogens with zero attached hydrogens (tertiary/aromatic N) is 1. The maximum absolute atomic E-state index is 11.9. The lowest BCUT2D eigenvalue weighted by molar-refractivity contribution is -0.138. The van der Waals surface area contributed by atoms with Gasteiger partial charge in [0.2, 0.25) is 11.8 Å². The van der Waals surface area contributed by atoms with Crippen molar-refractivity contribution in [1.82, 2.24) is 10.2 Å². The van der Waals surface area contributed by atoms with Crippen LogP contribution in [0.3, 0.4) is 0 Å². The van der Waals surface area contributed by atoms with Crippen LogP contribution in [0.4, 0.5) is 0 Å². The van der Waals surface area contributed by atoms with Gasteiger partial charge in [0.15, 0.2) is 0 Å². The Hall–Kier alpha value is -1.10. The summed E-state index contributed by atoms with van der Waals surface area (Å²) in [5.74, 6) is -0.112. The predicted molar refractivity (Wildman–Crippen MR) is 68.8 cm³/mol. The molecule has 2 amide bonds. The zero-order valence-corrected chi connectivity index (χ0v) is 11.5. The molecule has 1 aliphatic heterocycles. The number of amides is 2. The van der Waals surface area contributed by atoms with Crippen LogP contribution in [-0.2, 0) is 9.59 Å². The van der Waals surface area contributed by atoms with Gasteiger partial charge in [0, 0.05) is 25.0 Å². The topological polar surface area (TPSA) is 69.6 Å². The number of carbonyl (C=O) groups is 2. The highest BCUT2D eigenvalue weighted by molar-refractivity contribution is 5.82. The number of likely N-dealkylation sites (tertiary alicyclic amines) is 1.